The van der Waals surface area contributed by atoms with Crippen LogP contribution >= 0.6 is 0 Å². The van der Waals surface area contributed by atoms with Crippen molar-refractivity contribution in [1.29, 1.82) is 0 Å². The number of benzene rings is 1. The average Bonchev–Trinajstić information content (AvgIpc) is 2.05. The van der Waals surface area contributed by atoms with Crippen LogP contribution in [-0.4, -0.2) is 23.7 Å². The summed E-state index contributed by atoms with van der Waals surface area (Å²) in [5.41, 5.74) is 0.264. The molecule has 15 heavy (non-hydrogen) atoms. The lowest BCUT2D eigenvalue weighted by molar-refractivity contribution is -0.275. The van der Waals surface area contributed by atoms with E-state index in [9.17, 15) is 13.2 Å². The van der Waals surface area contributed by atoms with E-state index in [1.54, 1.807) is 6.07 Å². The van der Waals surface area contributed by atoms with Gasteiger partial charge in [-0.2, -0.15) is 5.06 Å². The average molecular weight is 221 g/mol. The molecule has 0 saturated heterocycles. The zero-order valence-corrected chi connectivity index (χ0v) is 7.95. The number of hydroxylamine groups is 2. The Morgan fingerprint density at radius 3 is 2.47 bits per heavy atom. The van der Waals surface area contributed by atoms with Crippen molar-refractivity contribution in [1.82, 2.24) is 5.06 Å². The summed E-state index contributed by atoms with van der Waals surface area (Å²) in [5.74, 6) is -0.300. The van der Waals surface area contributed by atoms with Gasteiger partial charge in [0.1, 0.15) is 5.75 Å². The third-order valence-corrected chi connectivity index (χ3v) is 1.60. The Balaban J connectivity index is 2.86. The Morgan fingerprint density at radius 2 is 1.93 bits per heavy atom. The topological polar surface area (TPSA) is 32.7 Å². The number of para-hydroxylation sites is 1. The van der Waals surface area contributed by atoms with Crippen molar-refractivity contribution in [3.05, 3.63) is 29.8 Å². The van der Waals surface area contributed by atoms with E-state index in [1.165, 1.54) is 25.2 Å². The number of hydrogen-bond acceptors (Lipinski definition) is 3. The van der Waals surface area contributed by atoms with Crippen molar-refractivity contribution in [3.8, 4) is 5.75 Å². The summed E-state index contributed by atoms with van der Waals surface area (Å²) in [6.45, 7) is -0.0355. The van der Waals surface area contributed by atoms with Crippen LogP contribution in [0.25, 0.3) is 0 Å². The van der Waals surface area contributed by atoms with Gasteiger partial charge < -0.3 is 9.94 Å². The quantitative estimate of drug-likeness (QED) is 0.795. The van der Waals surface area contributed by atoms with Crippen LogP contribution < -0.4 is 4.74 Å². The number of halogens is 3. The molecule has 0 aromatic heterocycles. The van der Waals surface area contributed by atoms with E-state index in [2.05, 4.69) is 4.74 Å². The van der Waals surface area contributed by atoms with Gasteiger partial charge in [0.15, 0.2) is 0 Å². The minimum absolute atomic E-state index is 0.0355. The second kappa shape index (κ2) is 4.50. The molecular weight excluding hydrogens is 211 g/mol. The first-order valence-corrected chi connectivity index (χ1v) is 4.12. The summed E-state index contributed by atoms with van der Waals surface area (Å²) in [5, 5.41) is 9.70. The second-order valence-corrected chi connectivity index (χ2v) is 2.97. The molecule has 1 aromatic rings. The summed E-state index contributed by atoms with van der Waals surface area (Å²) in [4.78, 5) is 0. The Morgan fingerprint density at radius 1 is 1.33 bits per heavy atom. The van der Waals surface area contributed by atoms with Crippen LogP contribution in [0.1, 0.15) is 5.56 Å². The Bertz CT molecular complexity index is 325. The van der Waals surface area contributed by atoms with Crippen LogP contribution in [0.2, 0.25) is 0 Å². The van der Waals surface area contributed by atoms with E-state index in [4.69, 9.17) is 5.21 Å². The van der Waals surface area contributed by atoms with Gasteiger partial charge in [-0.15, -0.1) is 13.2 Å². The minimum Gasteiger partial charge on any atom is -0.405 e. The maximum atomic E-state index is 12.0. The highest BCUT2D eigenvalue weighted by molar-refractivity contribution is 5.33. The number of nitrogens with zero attached hydrogens (tertiary/aromatic N) is 1. The standard InChI is InChI=1S/C9H10F3NO2/c1-13(14)6-7-4-2-3-5-8(7)15-9(10,11)12/h2-5,14H,6H2,1H3. The van der Waals surface area contributed by atoms with E-state index in [-0.39, 0.29) is 17.9 Å². The lowest BCUT2D eigenvalue weighted by Gasteiger charge is -2.14. The molecule has 1 aromatic carbocycles. The van der Waals surface area contributed by atoms with Crippen LogP contribution in [0.4, 0.5) is 13.2 Å². The van der Waals surface area contributed by atoms with E-state index >= 15 is 0 Å². The van der Waals surface area contributed by atoms with Crippen LogP contribution in [0.15, 0.2) is 24.3 Å². The Labute approximate surface area is 84.6 Å². The smallest absolute Gasteiger partial charge is 0.405 e. The zero-order chi connectivity index (χ0) is 11.5. The molecule has 0 aliphatic carbocycles. The molecule has 0 amide bonds. The molecule has 84 valence electrons. The van der Waals surface area contributed by atoms with Crippen LogP contribution in [-0.2, 0) is 6.54 Å². The molecule has 0 atom stereocenters. The molecule has 0 bridgehead atoms. The second-order valence-electron chi connectivity index (χ2n) is 2.97. The lowest BCUT2D eigenvalue weighted by atomic mass is 10.2. The monoisotopic (exact) mass is 221 g/mol. The van der Waals surface area contributed by atoms with E-state index in [1.807, 2.05) is 0 Å². The van der Waals surface area contributed by atoms with Crippen molar-refractivity contribution in [2.75, 3.05) is 7.05 Å². The fourth-order valence-electron chi connectivity index (χ4n) is 1.11. The molecular formula is C9H10F3NO2. The molecule has 0 radical (unpaired) electrons. The van der Waals surface area contributed by atoms with Gasteiger partial charge >= 0.3 is 6.36 Å². The van der Waals surface area contributed by atoms with Gasteiger partial charge in [0, 0.05) is 12.6 Å². The molecule has 0 spiro atoms. The number of rotatable bonds is 3. The van der Waals surface area contributed by atoms with Crippen molar-refractivity contribution < 1.29 is 23.1 Å². The largest absolute Gasteiger partial charge is 0.573 e. The highest BCUT2D eigenvalue weighted by Gasteiger charge is 2.31. The first-order valence-electron chi connectivity index (χ1n) is 4.12. The summed E-state index contributed by atoms with van der Waals surface area (Å²) in [6.07, 6.45) is -4.72. The maximum Gasteiger partial charge on any atom is 0.573 e. The summed E-state index contributed by atoms with van der Waals surface area (Å²) in [6, 6.07) is 5.66. The van der Waals surface area contributed by atoms with Gasteiger partial charge in [0.25, 0.3) is 0 Å². The van der Waals surface area contributed by atoms with Gasteiger partial charge in [0.05, 0.1) is 6.54 Å². The molecule has 3 nitrogen and oxygen atoms in total. The van der Waals surface area contributed by atoms with Crippen LogP contribution in [0, 0.1) is 0 Å². The minimum atomic E-state index is -4.72. The fraction of sp³-hybridized carbons (Fsp3) is 0.333. The SMILES string of the molecule is CN(O)Cc1ccccc1OC(F)(F)F. The molecule has 1 rings (SSSR count). The number of ether oxygens (including phenoxy) is 1. The summed E-state index contributed by atoms with van der Waals surface area (Å²) >= 11 is 0. The molecule has 0 fully saturated rings. The lowest BCUT2D eigenvalue weighted by Crippen LogP contribution is -2.19. The molecule has 0 aliphatic heterocycles. The Kier molecular flexibility index (Phi) is 3.54. The van der Waals surface area contributed by atoms with Crippen molar-refractivity contribution >= 4 is 0 Å². The van der Waals surface area contributed by atoms with Gasteiger partial charge in [-0.05, 0) is 6.07 Å². The maximum absolute atomic E-state index is 12.0. The van der Waals surface area contributed by atoms with Crippen LogP contribution in [0.3, 0.4) is 0 Å². The molecule has 1 N–H and O–H groups in total. The first kappa shape index (κ1) is 11.8. The van der Waals surface area contributed by atoms with Gasteiger partial charge in [-0.3, -0.25) is 0 Å². The predicted octanol–water partition coefficient (Wildman–Crippen LogP) is 2.41. The molecule has 0 saturated carbocycles. The molecule has 6 heteroatoms. The van der Waals surface area contributed by atoms with Gasteiger partial charge in [-0.1, -0.05) is 18.2 Å². The van der Waals surface area contributed by atoms with E-state index in [0.717, 1.165) is 5.06 Å². The molecule has 0 unspecified atom stereocenters. The van der Waals surface area contributed by atoms with Gasteiger partial charge in [0.2, 0.25) is 0 Å². The van der Waals surface area contributed by atoms with Gasteiger partial charge in [-0.25, -0.2) is 0 Å². The highest BCUT2D eigenvalue weighted by Crippen LogP contribution is 2.26. The third-order valence-electron chi connectivity index (χ3n) is 1.60. The van der Waals surface area contributed by atoms with Crippen molar-refractivity contribution in [2.24, 2.45) is 0 Å². The third kappa shape index (κ3) is 4.18. The Hall–Kier alpha value is -1.27. The first-order chi connectivity index (χ1) is 6.88. The predicted molar refractivity (Wildman–Crippen MR) is 46.4 cm³/mol. The number of alkyl halides is 3. The zero-order valence-electron chi connectivity index (χ0n) is 7.95. The molecule has 0 heterocycles. The summed E-state index contributed by atoms with van der Waals surface area (Å²) in [7, 11) is 1.34. The number of hydrogen-bond donors (Lipinski definition) is 1. The van der Waals surface area contributed by atoms with Crippen LogP contribution in [0.5, 0.6) is 5.75 Å². The van der Waals surface area contributed by atoms with E-state index in [0.29, 0.717) is 0 Å². The van der Waals surface area contributed by atoms with Crippen molar-refractivity contribution in [3.63, 3.8) is 0 Å². The normalized spacial score (nSPS) is 11.9. The highest BCUT2D eigenvalue weighted by atomic mass is 19.4. The summed E-state index contributed by atoms with van der Waals surface area (Å²) < 4.78 is 39.7. The van der Waals surface area contributed by atoms with Crippen molar-refractivity contribution in [2.45, 2.75) is 12.9 Å². The fourth-order valence-corrected chi connectivity index (χ4v) is 1.11. The molecule has 0 aliphatic rings. The van der Waals surface area contributed by atoms with E-state index < -0.39 is 6.36 Å².